The van der Waals surface area contributed by atoms with Crippen LogP contribution in [0.3, 0.4) is 0 Å². The van der Waals surface area contributed by atoms with Crippen LogP contribution in [0, 0.1) is 5.92 Å². The maximum atomic E-state index is 6.90. The summed E-state index contributed by atoms with van der Waals surface area (Å²) in [6.07, 6.45) is 13.0. The van der Waals surface area contributed by atoms with Gasteiger partial charge in [-0.05, 0) is 37.0 Å². The maximum Gasteiger partial charge on any atom is 0.192 e. The van der Waals surface area contributed by atoms with Crippen LogP contribution < -0.4 is 0 Å². The fourth-order valence-electron chi connectivity index (χ4n) is 3.82. The minimum Gasteiger partial charge on any atom is -0.408 e. The van der Waals surface area contributed by atoms with Crippen LogP contribution in [0.4, 0.5) is 0 Å². The van der Waals surface area contributed by atoms with Crippen LogP contribution in [-0.2, 0) is 13.9 Å². The number of methoxy groups -OCH3 is 1. The molecule has 0 bridgehead atoms. The Morgan fingerprint density at radius 3 is 2.26 bits per heavy atom. The van der Waals surface area contributed by atoms with Crippen molar-refractivity contribution in [2.45, 2.75) is 90.8 Å². The van der Waals surface area contributed by atoms with Crippen molar-refractivity contribution in [1.82, 2.24) is 0 Å². The van der Waals surface area contributed by atoms with Crippen LogP contribution in [0.25, 0.3) is 0 Å². The van der Waals surface area contributed by atoms with Crippen LogP contribution in [0.15, 0.2) is 36.0 Å². The maximum absolute atomic E-state index is 6.90. The van der Waals surface area contributed by atoms with Gasteiger partial charge in [0.1, 0.15) is 12.2 Å². The minimum absolute atomic E-state index is 0.0226. The van der Waals surface area contributed by atoms with Gasteiger partial charge in [0.25, 0.3) is 0 Å². The highest BCUT2D eigenvalue weighted by Crippen LogP contribution is 2.34. The summed E-state index contributed by atoms with van der Waals surface area (Å²) in [5.41, 5.74) is 1.21. The third-order valence-electron chi connectivity index (χ3n) is 5.93. The van der Waals surface area contributed by atoms with E-state index < -0.39 is 8.32 Å². The van der Waals surface area contributed by atoms with Gasteiger partial charge in [0, 0.05) is 13.0 Å². The molecular weight excluding hydrogens is 352 g/mol. The third-order valence-corrected chi connectivity index (χ3v) is 10.6. The molecule has 4 atom stereocenters. The average molecular weight is 395 g/mol. The largest absolute Gasteiger partial charge is 0.408 e. The molecule has 0 aliphatic carbocycles. The number of hydrogen-bond acceptors (Lipinski definition) is 3. The highest BCUT2D eigenvalue weighted by molar-refractivity contribution is 6.73. The van der Waals surface area contributed by atoms with Gasteiger partial charge in [-0.15, -0.1) is 0 Å². The topological polar surface area (TPSA) is 27.7 Å². The predicted octanol–water partition coefficient (Wildman–Crippen LogP) is 6.29. The molecule has 1 aliphatic heterocycles. The summed E-state index contributed by atoms with van der Waals surface area (Å²) >= 11 is 0. The molecule has 1 aliphatic rings. The molecule has 0 aromatic heterocycles. The van der Waals surface area contributed by atoms with Crippen LogP contribution >= 0.6 is 0 Å². The molecule has 0 aromatic carbocycles. The Morgan fingerprint density at radius 1 is 1.04 bits per heavy atom. The number of hydrogen-bond donors (Lipinski definition) is 0. The molecule has 27 heavy (non-hydrogen) atoms. The molecule has 0 radical (unpaired) electrons. The van der Waals surface area contributed by atoms with Crippen molar-refractivity contribution in [1.29, 1.82) is 0 Å². The van der Waals surface area contributed by atoms with E-state index in [0.717, 1.165) is 24.6 Å². The molecule has 4 heteroatoms. The fourth-order valence-corrected chi connectivity index (χ4v) is 6.66. The van der Waals surface area contributed by atoms with Gasteiger partial charge in [0.05, 0.1) is 12.7 Å². The Bertz CT molecular complexity index is 486. The standard InChI is InChI=1S/C23H42O3Si/c1-8-12-13-14-15-16-17-19(5)22-23(21(24-7)20(6)18-25-22)26-27(9-2,10-3)11-4/h13-17,20-23H,8-12,18H2,1-7H3/b14-13+,16-15+,19-17+/t20-,21-,22-,23+/m1/s1. The smallest absolute Gasteiger partial charge is 0.192 e. The summed E-state index contributed by atoms with van der Waals surface area (Å²) in [6, 6.07) is 3.41. The van der Waals surface area contributed by atoms with Gasteiger partial charge in [0.15, 0.2) is 8.32 Å². The molecule has 1 fully saturated rings. The van der Waals surface area contributed by atoms with Gasteiger partial charge in [-0.2, -0.15) is 0 Å². The van der Waals surface area contributed by atoms with Crippen molar-refractivity contribution in [2.75, 3.05) is 13.7 Å². The lowest BCUT2D eigenvalue weighted by Crippen LogP contribution is -2.56. The SMILES string of the molecule is CCC/C=C/C=C/C=C(\C)[C@H]1OC[C@@H](C)[C@@H](OC)[C@@H]1O[Si](CC)(CC)CC. The lowest BCUT2D eigenvalue weighted by Gasteiger charge is -2.45. The third kappa shape index (κ3) is 7.01. The zero-order chi connectivity index (χ0) is 20.3. The van der Waals surface area contributed by atoms with Crippen molar-refractivity contribution in [2.24, 2.45) is 5.92 Å². The van der Waals surface area contributed by atoms with Gasteiger partial charge < -0.3 is 13.9 Å². The predicted molar refractivity (Wildman–Crippen MR) is 119 cm³/mol. The molecule has 0 unspecified atom stereocenters. The van der Waals surface area contributed by atoms with Gasteiger partial charge in [-0.25, -0.2) is 0 Å². The highest BCUT2D eigenvalue weighted by Gasteiger charge is 2.44. The quantitative estimate of drug-likeness (QED) is 0.305. The van der Waals surface area contributed by atoms with Crippen molar-refractivity contribution in [3.8, 4) is 0 Å². The monoisotopic (exact) mass is 394 g/mol. The van der Waals surface area contributed by atoms with Crippen LogP contribution in [0.2, 0.25) is 18.1 Å². The minimum atomic E-state index is -1.75. The summed E-state index contributed by atoms with van der Waals surface area (Å²) in [4.78, 5) is 0. The molecule has 0 aromatic rings. The second-order valence-corrected chi connectivity index (χ2v) is 12.5. The zero-order valence-electron chi connectivity index (χ0n) is 18.7. The van der Waals surface area contributed by atoms with E-state index in [1.54, 1.807) is 0 Å². The summed E-state index contributed by atoms with van der Waals surface area (Å²) in [5.74, 6) is 0.342. The molecule has 0 saturated carbocycles. The normalized spacial score (nSPS) is 27.7. The number of unbranched alkanes of at least 4 members (excludes halogenated alkanes) is 1. The Balaban J connectivity index is 3.02. The fraction of sp³-hybridized carbons (Fsp3) is 0.739. The van der Waals surface area contributed by atoms with E-state index in [1.807, 2.05) is 7.11 Å². The molecule has 156 valence electrons. The van der Waals surface area contributed by atoms with Crippen molar-refractivity contribution < 1.29 is 13.9 Å². The second kappa shape index (κ2) is 12.7. The molecular formula is C23H42O3Si. The first-order chi connectivity index (χ1) is 13.0. The molecule has 1 saturated heterocycles. The molecule has 0 spiro atoms. The second-order valence-electron chi connectivity index (χ2n) is 7.77. The van der Waals surface area contributed by atoms with E-state index in [1.165, 1.54) is 12.0 Å². The Labute approximate surface area is 169 Å². The first-order valence-corrected chi connectivity index (χ1v) is 13.3. The summed E-state index contributed by atoms with van der Waals surface area (Å²) in [6.45, 7) is 14.1. The first-order valence-electron chi connectivity index (χ1n) is 10.8. The first kappa shape index (κ1) is 24.4. The highest BCUT2D eigenvalue weighted by atomic mass is 28.4. The van der Waals surface area contributed by atoms with E-state index in [9.17, 15) is 0 Å². The Hall–Kier alpha value is -0.683. The van der Waals surface area contributed by atoms with Crippen LogP contribution in [-0.4, -0.2) is 40.3 Å². The zero-order valence-corrected chi connectivity index (χ0v) is 19.7. The average Bonchev–Trinajstić information content (AvgIpc) is 2.69. The molecule has 0 amide bonds. The van der Waals surface area contributed by atoms with Crippen molar-refractivity contribution in [3.63, 3.8) is 0 Å². The van der Waals surface area contributed by atoms with Crippen molar-refractivity contribution in [3.05, 3.63) is 36.0 Å². The Morgan fingerprint density at radius 2 is 1.70 bits per heavy atom. The van der Waals surface area contributed by atoms with Gasteiger partial charge in [0.2, 0.25) is 0 Å². The lowest BCUT2D eigenvalue weighted by atomic mass is 9.90. The van der Waals surface area contributed by atoms with Crippen LogP contribution in [0.5, 0.6) is 0 Å². The summed E-state index contributed by atoms with van der Waals surface area (Å²) in [7, 11) is 0.0603. The number of allylic oxidation sites excluding steroid dienone is 5. The van der Waals surface area contributed by atoms with Crippen molar-refractivity contribution >= 4 is 8.32 Å². The van der Waals surface area contributed by atoms with E-state index >= 15 is 0 Å². The van der Waals surface area contributed by atoms with Crippen LogP contribution in [0.1, 0.15) is 54.4 Å². The number of rotatable bonds is 11. The Kier molecular flexibility index (Phi) is 11.5. The van der Waals surface area contributed by atoms with Gasteiger partial charge >= 0.3 is 0 Å². The van der Waals surface area contributed by atoms with Gasteiger partial charge in [-0.1, -0.05) is 71.4 Å². The number of ether oxygens (including phenoxy) is 2. The van der Waals surface area contributed by atoms with E-state index in [2.05, 4.69) is 71.9 Å². The van der Waals surface area contributed by atoms with E-state index in [4.69, 9.17) is 13.9 Å². The van der Waals surface area contributed by atoms with E-state index in [-0.39, 0.29) is 18.3 Å². The molecule has 3 nitrogen and oxygen atoms in total. The summed E-state index contributed by atoms with van der Waals surface area (Å²) < 4.78 is 19.1. The molecule has 0 N–H and O–H groups in total. The van der Waals surface area contributed by atoms with E-state index in [0.29, 0.717) is 12.5 Å². The molecule has 1 heterocycles. The summed E-state index contributed by atoms with van der Waals surface area (Å²) in [5, 5.41) is 0. The molecule has 1 rings (SSSR count). The van der Waals surface area contributed by atoms with Gasteiger partial charge in [-0.3, -0.25) is 0 Å². The lowest BCUT2D eigenvalue weighted by molar-refractivity contribution is -0.152.